The van der Waals surface area contributed by atoms with Gasteiger partial charge in [0.15, 0.2) is 23.1 Å². The van der Waals surface area contributed by atoms with Crippen LogP contribution < -0.4 is 0 Å². The van der Waals surface area contributed by atoms with E-state index >= 15 is 0 Å². The quantitative estimate of drug-likeness (QED) is 0.175. The molecule has 0 N–H and O–H groups in total. The minimum Gasteiger partial charge on any atom is -0.456 e. The molecule has 0 unspecified atom stereocenters. The lowest BCUT2D eigenvalue weighted by Gasteiger charge is -2.09. The fraction of sp³-hybridized carbons (Fsp3) is 0. The number of oxazole rings is 1. The van der Waals surface area contributed by atoms with E-state index in [1.54, 1.807) is 0 Å². The molecule has 0 atom stereocenters. The first-order valence-corrected chi connectivity index (χ1v) is 17.1. The average Bonchev–Trinajstić information content (AvgIpc) is 3.83. The van der Waals surface area contributed by atoms with E-state index < -0.39 is 0 Å². The lowest BCUT2D eigenvalue weighted by atomic mass is 10.00. The van der Waals surface area contributed by atoms with Crippen molar-refractivity contribution in [2.24, 2.45) is 0 Å². The molecule has 0 saturated heterocycles. The third-order valence-electron chi connectivity index (χ3n) is 9.40. The first-order valence-electron chi connectivity index (χ1n) is 17.1. The molecule has 3 aromatic heterocycles. The van der Waals surface area contributed by atoms with Gasteiger partial charge < -0.3 is 8.83 Å². The molecule has 0 amide bonds. The van der Waals surface area contributed by atoms with Crippen LogP contribution in [0, 0.1) is 0 Å². The fourth-order valence-electron chi connectivity index (χ4n) is 6.88. The van der Waals surface area contributed by atoms with Gasteiger partial charge in [-0.05, 0) is 58.7 Å². The van der Waals surface area contributed by atoms with E-state index in [0.717, 1.165) is 77.5 Å². The van der Waals surface area contributed by atoms with Gasteiger partial charge in [0.1, 0.15) is 16.7 Å². The van der Waals surface area contributed by atoms with Gasteiger partial charge in [-0.3, -0.25) is 0 Å². The minimum absolute atomic E-state index is 0.588. The Bertz CT molecular complexity index is 2840. The molecule has 0 saturated carbocycles. The third kappa shape index (κ3) is 5.22. The van der Waals surface area contributed by atoms with Crippen LogP contribution in [0.25, 0.3) is 101 Å². The van der Waals surface area contributed by atoms with Crippen LogP contribution in [0.4, 0.5) is 0 Å². The molecule has 3 heterocycles. The topological polar surface area (TPSA) is 77.8 Å². The number of hydrogen-bond donors (Lipinski definition) is 0. The van der Waals surface area contributed by atoms with Gasteiger partial charge in [-0.1, -0.05) is 133 Å². The van der Waals surface area contributed by atoms with Crippen molar-refractivity contribution >= 4 is 33.0 Å². The molecule has 0 aliphatic rings. The van der Waals surface area contributed by atoms with Crippen LogP contribution in [0.2, 0.25) is 0 Å². The number of hydrogen-bond acceptors (Lipinski definition) is 6. The van der Waals surface area contributed by atoms with Crippen LogP contribution in [0.3, 0.4) is 0 Å². The second-order valence-electron chi connectivity index (χ2n) is 12.6. The molecular weight excluding hydrogens is 641 g/mol. The molecule has 52 heavy (non-hydrogen) atoms. The standard InChI is InChI=1S/C46H28N4O2/c1-4-13-29(14-5-1)34-19-10-11-20-35(34)46-47-38-26-24-33(28-41(38)52-46)32-23-25-36-40(27-32)51-39-22-12-21-37(42(36)39)45-49-43(30-15-6-2-7-16-30)48-44(50-45)31-17-8-3-9-18-31/h1-28H. The maximum absolute atomic E-state index is 6.50. The molecule has 244 valence electrons. The number of aromatic nitrogens is 4. The van der Waals surface area contributed by atoms with Gasteiger partial charge in [0, 0.05) is 33.0 Å². The molecule has 0 bridgehead atoms. The Balaban J connectivity index is 1.06. The Morgan fingerprint density at radius 3 is 1.58 bits per heavy atom. The number of benzene rings is 7. The number of rotatable bonds is 6. The highest BCUT2D eigenvalue weighted by molar-refractivity contribution is 6.12. The Kier molecular flexibility index (Phi) is 7.03. The molecule has 6 nitrogen and oxygen atoms in total. The van der Waals surface area contributed by atoms with Gasteiger partial charge in [0.2, 0.25) is 5.89 Å². The highest BCUT2D eigenvalue weighted by Crippen LogP contribution is 2.39. The average molecular weight is 669 g/mol. The van der Waals surface area contributed by atoms with E-state index in [4.69, 9.17) is 28.8 Å². The van der Waals surface area contributed by atoms with Crippen molar-refractivity contribution in [1.82, 2.24) is 19.9 Å². The third-order valence-corrected chi connectivity index (χ3v) is 9.40. The normalized spacial score (nSPS) is 11.5. The maximum atomic E-state index is 6.50. The Morgan fingerprint density at radius 2 is 0.885 bits per heavy atom. The van der Waals surface area contributed by atoms with Crippen LogP contribution in [-0.2, 0) is 0 Å². The largest absolute Gasteiger partial charge is 0.456 e. The highest BCUT2D eigenvalue weighted by atomic mass is 16.3. The summed E-state index contributed by atoms with van der Waals surface area (Å²) in [6.07, 6.45) is 0. The predicted octanol–water partition coefficient (Wildman–Crippen LogP) is 11.9. The van der Waals surface area contributed by atoms with Crippen molar-refractivity contribution in [3.05, 3.63) is 170 Å². The summed E-state index contributed by atoms with van der Waals surface area (Å²) in [5, 5.41) is 1.94. The van der Waals surface area contributed by atoms with Crippen molar-refractivity contribution in [3.8, 4) is 67.9 Å². The van der Waals surface area contributed by atoms with Crippen LogP contribution in [0.15, 0.2) is 179 Å². The van der Waals surface area contributed by atoms with Gasteiger partial charge >= 0.3 is 0 Å². The Labute approximate surface area is 298 Å². The first kappa shape index (κ1) is 29.7. The highest BCUT2D eigenvalue weighted by Gasteiger charge is 2.19. The molecule has 6 heteroatoms. The lowest BCUT2D eigenvalue weighted by molar-refractivity contribution is 0.620. The monoisotopic (exact) mass is 668 g/mol. The Hall–Kier alpha value is -7.18. The number of fused-ring (bicyclic) bond motifs is 4. The summed E-state index contributed by atoms with van der Waals surface area (Å²) < 4.78 is 12.9. The van der Waals surface area contributed by atoms with Crippen LogP contribution >= 0.6 is 0 Å². The molecule has 0 aliphatic heterocycles. The zero-order valence-corrected chi connectivity index (χ0v) is 27.8. The summed E-state index contributed by atoms with van der Waals surface area (Å²) in [5.74, 6) is 2.42. The van der Waals surface area contributed by atoms with Gasteiger partial charge in [-0.2, -0.15) is 0 Å². The molecule has 10 aromatic rings. The van der Waals surface area contributed by atoms with Crippen molar-refractivity contribution < 1.29 is 8.83 Å². The van der Waals surface area contributed by atoms with Gasteiger partial charge in [0.25, 0.3) is 0 Å². The summed E-state index contributed by atoms with van der Waals surface area (Å²) in [4.78, 5) is 19.7. The van der Waals surface area contributed by atoms with Crippen molar-refractivity contribution in [1.29, 1.82) is 0 Å². The Morgan fingerprint density at radius 1 is 0.327 bits per heavy atom. The maximum Gasteiger partial charge on any atom is 0.227 e. The summed E-state index contributed by atoms with van der Waals surface area (Å²) in [7, 11) is 0. The van der Waals surface area contributed by atoms with E-state index in [1.807, 2.05) is 115 Å². The summed E-state index contributed by atoms with van der Waals surface area (Å²) in [5.41, 5.74) is 11.0. The lowest BCUT2D eigenvalue weighted by Crippen LogP contribution is -2.00. The molecular formula is C46H28N4O2. The van der Waals surface area contributed by atoms with E-state index in [2.05, 4.69) is 54.6 Å². The number of furan rings is 1. The SMILES string of the molecule is c1ccc(-c2nc(-c3ccccc3)nc(-c3cccc4oc5cc(-c6ccc7nc(-c8ccccc8-c8ccccc8)oc7c6)ccc5c34)n2)cc1. The zero-order valence-electron chi connectivity index (χ0n) is 27.8. The smallest absolute Gasteiger partial charge is 0.227 e. The van der Waals surface area contributed by atoms with Gasteiger partial charge in [0.05, 0.1) is 0 Å². The molecule has 7 aromatic carbocycles. The predicted molar refractivity (Wildman–Crippen MR) is 207 cm³/mol. The second kappa shape index (κ2) is 12.3. The van der Waals surface area contributed by atoms with Crippen molar-refractivity contribution in [3.63, 3.8) is 0 Å². The van der Waals surface area contributed by atoms with Gasteiger partial charge in [-0.25, -0.2) is 19.9 Å². The summed E-state index contributed by atoms with van der Waals surface area (Å²) in [6.45, 7) is 0. The van der Waals surface area contributed by atoms with E-state index in [1.165, 1.54) is 0 Å². The molecule has 0 radical (unpaired) electrons. The van der Waals surface area contributed by atoms with Crippen LogP contribution in [0.5, 0.6) is 0 Å². The second-order valence-corrected chi connectivity index (χ2v) is 12.6. The molecule has 0 fully saturated rings. The van der Waals surface area contributed by atoms with Crippen LogP contribution in [-0.4, -0.2) is 19.9 Å². The molecule has 10 rings (SSSR count). The summed E-state index contributed by atoms with van der Waals surface area (Å²) in [6, 6.07) is 57.0. The first-order chi connectivity index (χ1) is 25.7. The number of nitrogens with zero attached hydrogens (tertiary/aromatic N) is 4. The fourth-order valence-corrected chi connectivity index (χ4v) is 6.88. The molecule has 0 aliphatic carbocycles. The van der Waals surface area contributed by atoms with E-state index in [9.17, 15) is 0 Å². The molecule has 0 spiro atoms. The summed E-state index contributed by atoms with van der Waals surface area (Å²) >= 11 is 0. The zero-order chi connectivity index (χ0) is 34.4. The minimum atomic E-state index is 0.588. The van der Waals surface area contributed by atoms with Gasteiger partial charge in [-0.15, -0.1) is 0 Å². The van der Waals surface area contributed by atoms with E-state index in [0.29, 0.717) is 23.4 Å². The van der Waals surface area contributed by atoms with Crippen molar-refractivity contribution in [2.45, 2.75) is 0 Å². The van der Waals surface area contributed by atoms with Crippen molar-refractivity contribution in [2.75, 3.05) is 0 Å². The van der Waals surface area contributed by atoms with Crippen LogP contribution in [0.1, 0.15) is 0 Å². The van der Waals surface area contributed by atoms with E-state index in [-0.39, 0.29) is 0 Å².